The first-order chi connectivity index (χ1) is 4.72. The zero-order chi connectivity index (χ0) is 7.98. The van der Waals surface area contributed by atoms with Crippen LogP contribution < -0.4 is 0 Å². The maximum absolute atomic E-state index is 5.93. The Labute approximate surface area is 73.2 Å². The average molecular weight is 181 g/mol. The van der Waals surface area contributed by atoms with Gasteiger partial charge in [0.15, 0.2) is 0 Å². The molecule has 0 amide bonds. The highest BCUT2D eigenvalue weighted by Crippen LogP contribution is 2.18. The zero-order valence-corrected chi connectivity index (χ0v) is 7.83. The fourth-order valence-electron chi connectivity index (χ4n) is 0.763. The number of hydrogen-bond donors (Lipinski definition) is 0. The van der Waals surface area contributed by atoms with Crippen LogP contribution in [-0.2, 0) is 0 Å². The molecule has 0 rings (SSSR count). The third-order valence-corrected chi connectivity index (χ3v) is 2.48. The van der Waals surface area contributed by atoms with Crippen molar-refractivity contribution in [2.75, 3.05) is 0 Å². The Morgan fingerprint density at radius 3 is 2.40 bits per heavy atom. The molecular formula is C8H14Cl2. The minimum Gasteiger partial charge on any atom is -0.121 e. The van der Waals surface area contributed by atoms with Crippen molar-refractivity contribution in [2.45, 2.75) is 36.9 Å². The van der Waals surface area contributed by atoms with Gasteiger partial charge in [0.1, 0.15) is 0 Å². The van der Waals surface area contributed by atoms with Crippen molar-refractivity contribution in [2.24, 2.45) is 0 Å². The quantitative estimate of drug-likeness (QED) is 0.449. The number of alkyl halides is 2. The summed E-state index contributed by atoms with van der Waals surface area (Å²) in [6.45, 7) is 5.70. The van der Waals surface area contributed by atoms with E-state index in [1.165, 1.54) is 0 Å². The minimum absolute atomic E-state index is 0.0547. The lowest BCUT2D eigenvalue weighted by molar-refractivity contribution is 0.690. The van der Waals surface area contributed by atoms with Crippen molar-refractivity contribution < 1.29 is 0 Å². The molecule has 10 heavy (non-hydrogen) atoms. The van der Waals surface area contributed by atoms with Crippen molar-refractivity contribution in [1.29, 1.82) is 0 Å². The van der Waals surface area contributed by atoms with Crippen molar-refractivity contribution in [3.05, 3.63) is 12.7 Å². The summed E-state index contributed by atoms with van der Waals surface area (Å²) in [5, 5.41) is 0.156. The third kappa shape index (κ3) is 4.19. The molecule has 2 atom stereocenters. The van der Waals surface area contributed by atoms with Crippen molar-refractivity contribution in [3.8, 4) is 0 Å². The lowest BCUT2D eigenvalue weighted by Crippen LogP contribution is -2.13. The lowest BCUT2D eigenvalue weighted by atomic mass is 10.1. The largest absolute Gasteiger partial charge is 0.121 e. The van der Waals surface area contributed by atoms with Gasteiger partial charge in [-0.15, -0.1) is 29.8 Å². The van der Waals surface area contributed by atoms with E-state index < -0.39 is 0 Å². The van der Waals surface area contributed by atoms with Gasteiger partial charge >= 0.3 is 0 Å². The summed E-state index contributed by atoms with van der Waals surface area (Å²) < 4.78 is 0. The zero-order valence-electron chi connectivity index (χ0n) is 6.32. The summed E-state index contributed by atoms with van der Waals surface area (Å²) in [5.41, 5.74) is 0. The van der Waals surface area contributed by atoms with E-state index in [0.29, 0.717) is 0 Å². The summed E-state index contributed by atoms with van der Waals surface area (Å²) >= 11 is 11.8. The second kappa shape index (κ2) is 6.06. The maximum atomic E-state index is 5.93. The van der Waals surface area contributed by atoms with Crippen LogP contribution in [0.3, 0.4) is 0 Å². The lowest BCUT2D eigenvalue weighted by Gasteiger charge is -2.12. The van der Waals surface area contributed by atoms with Crippen molar-refractivity contribution >= 4 is 23.2 Å². The highest BCUT2D eigenvalue weighted by Gasteiger charge is 2.13. The monoisotopic (exact) mass is 180 g/mol. The van der Waals surface area contributed by atoms with E-state index >= 15 is 0 Å². The van der Waals surface area contributed by atoms with Gasteiger partial charge in [0.25, 0.3) is 0 Å². The van der Waals surface area contributed by atoms with Crippen molar-refractivity contribution in [3.63, 3.8) is 0 Å². The van der Waals surface area contributed by atoms with E-state index in [1.807, 2.05) is 6.08 Å². The van der Waals surface area contributed by atoms with Gasteiger partial charge in [-0.1, -0.05) is 19.4 Å². The molecule has 0 bridgehead atoms. The molecular weight excluding hydrogens is 167 g/mol. The smallest absolute Gasteiger partial charge is 0.0534 e. The maximum Gasteiger partial charge on any atom is 0.0534 e. The van der Waals surface area contributed by atoms with Gasteiger partial charge in [0.2, 0.25) is 0 Å². The molecule has 0 aliphatic rings. The van der Waals surface area contributed by atoms with Gasteiger partial charge in [-0.3, -0.25) is 0 Å². The molecule has 2 heteroatoms. The predicted octanol–water partition coefficient (Wildman–Crippen LogP) is 3.58. The standard InChI is InChI=1S/C8H14Cl2/c1-3-5-7(9)8(10)6-4-2/h3,7-8H,1,4-6H2,2H3. The van der Waals surface area contributed by atoms with Gasteiger partial charge in [-0.05, 0) is 12.8 Å². The molecule has 0 saturated heterocycles. The molecule has 0 nitrogen and oxygen atoms in total. The van der Waals surface area contributed by atoms with Gasteiger partial charge in [-0.25, -0.2) is 0 Å². The van der Waals surface area contributed by atoms with E-state index in [4.69, 9.17) is 23.2 Å². The van der Waals surface area contributed by atoms with Gasteiger partial charge in [0, 0.05) is 0 Å². The Bertz CT molecular complexity index is 91.3. The summed E-state index contributed by atoms with van der Waals surface area (Å²) in [6, 6.07) is 0. The molecule has 0 aliphatic carbocycles. The van der Waals surface area contributed by atoms with Crippen molar-refractivity contribution in [1.82, 2.24) is 0 Å². The van der Waals surface area contributed by atoms with Gasteiger partial charge < -0.3 is 0 Å². The summed E-state index contributed by atoms with van der Waals surface area (Å²) in [6.07, 6.45) is 4.69. The Kier molecular flexibility index (Phi) is 6.25. The molecule has 0 saturated carbocycles. The van der Waals surface area contributed by atoms with Crippen LogP contribution in [0.5, 0.6) is 0 Å². The Hall–Kier alpha value is 0.320. The molecule has 0 aliphatic heterocycles. The number of halogens is 2. The SMILES string of the molecule is C=CCC(Cl)C(Cl)CCC. The molecule has 0 fully saturated rings. The topological polar surface area (TPSA) is 0 Å². The molecule has 0 aromatic carbocycles. The van der Waals surface area contributed by atoms with E-state index in [-0.39, 0.29) is 10.8 Å². The number of hydrogen-bond acceptors (Lipinski definition) is 0. The predicted molar refractivity (Wildman–Crippen MR) is 49.0 cm³/mol. The Morgan fingerprint density at radius 2 is 2.00 bits per heavy atom. The van der Waals surface area contributed by atoms with Gasteiger partial charge in [-0.2, -0.15) is 0 Å². The molecule has 0 aromatic heterocycles. The molecule has 0 aromatic rings. The highest BCUT2D eigenvalue weighted by atomic mass is 35.5. The Balaban J connectivity index is 3.47. The number of rotatable bonds is 5. The minimum atomic E-state index is 0.0547. The Morgan fingerprint density at radius 1 is 1.40 bits per heavy atom. The highest BCUT2D eigenvalue weighted by molar-refractivity contribution is 6.30. The van der Waals surface area contributed by atoms with Crippen LogP contribution in [0.15, 0.2) is 12.7 Å². The van der Waals surface area contributed by atoms with Gasteiger partial charge in [0.05, 0.1) is 10.8 Å². The van der Waals surface area contributed by atoms with Crippen LogP contribution in [0.1, 0.15) is 26.2 Å². The van der Waals surface area contributed by atoms with E-state index in [0.717, 1.165) is 19.3 Å². The van der Waals surface area contributed by atoms with Crippen LogP contribution in [0.2, 0.25) is 0 Å². The van der Waals surface area contributed by atoms with Crippen LogP contribution in [0.25, 0.3) is 0 Å². The molecule has 0 spiro atoms. The normalized spacial score (nSPS) is 16.3. The summed E-state index contributed by atoms with van der Waals surface area (Å²) in [5.74, 6) is 0. The molecule has 0 radical (unpaired) electrons. The van der Waals surface area contributed by atoms with E-state index in [2.05, 4.69) is 13.5 Å². The molecule has 2 unspecified atom stereocenters. The molecule has 60 valence electrons. The second-order valence-corrected chi connectivity index (χ2v) is 3.47. The first-order valence-corrected chi connectivity index (χ1v) is 4.48. The van der Waals surface area contributed by atoms with E-state index in [9.17, 15) is 0 Å². The third-order valence-electron chi connectivity index (χ3n) is 1.35. The van der Waals surface area contributed by atoms with Crippen LogP contribution in [-0.4, -0.2) is 10.8 Å². The first kappa shape index (κ1) is 10.3. The van der Waals surface area contributed by atoms with Crippen LogP contribution in [0, 0.1) is 0 Å². The summed E-state index contributed by atoms with van der Waals surface area (Å²) in [4.78, 5) is 0. The number of allylic oxidation sites excluding steroid dienone is 1. The fourth-order valence-corrected chi connectivity index (χ4v) is 1.34. The average Bonchev–Trinajstić information content (AvgIpc) is 1.89. The van der Waals surface area contributed by atoms with E-state index in [1.54, 1.807) is 0 Å². The molecule has 0 N–H and O–H groups in total. The second-order valence-electron chi connectivity index (χ2n) is 2.35. The summed E-state index contributed by atoms with van der Waals surface area (Å²) in [7, 11) is 0. The fraction of sp³-hybridized carbons (Fsp3) is 0.750. The first-order valence-electron chi connectivity index (χ1n) is 3.61. The van der Waals surface area contributed by atoms with Crippen LogP contribution in [0.4, 0.5) is 0 Å². The molecule has 0 heterocycles. The van der Waals surface area contributed by atoms with Crippen LogP contribution >= 0.6 is 23.2 Å².